The van der Waals surface area contributed by atoms with E-state index in [1.165, 1.54) is 16.4 Å². The van der Waals surface area contributed by atoms with E-state index in [2.05, 4.69) is 25.4 Å². The number of amides is 1. The Morgan fingerprint density at radius 2 is 1.98 bits per heavy atom. The summed E-state index contributed by atoms with van der Waals surface area (Å²) in [5.74, 6) is 1.09. The second-order valence-corrected chi connectivity index (χ2v) is 13.2. The van der Waals surface area contributed by atoms with Gasteiger partial charge >= 0.3 is 0 Å². The molecule has 0 radical (unpaired) electrons. The van der Waals surface area contributed by atoms with Crippen LogP contribution in [0.25, 0.3) is 16.9 Å². The van der Waals surface area contributed by atoms with Crippen LogP contribution in [0.15, 0.2) is 27.9 Å². The monoisotopic (exact) mass is 645 g/mol. The lowest BCUT2D eigenvalue weighted by Gasteiger charge is -2.34. The molecule has 246 valence electrons. The molecule has 2 saturated heterocycles. The van der Waals surface area contributed by atoms with Crippen LogP contribution in [-0.4, -0.2) is 95.3 Å². The van der Waals surface area contributed by atoms with Gasteiger partial charge in [-0.15, -0.1) is 5.10 Å². The predicted octanol–water partition coefficient (Wildman–Crippen LogP) is 2.41. The number of fused-ring (bicyclic) bond motifs is 1. The maximum atomic E-state index is 13.8. The number of nitrogens with one attached hydrogen (secondary N) is 2. The maximum Gasteiger partial charge on any atom is 0.277 e. The summed E-state index contributed by atoms with van der Waals surface area (Å²) in [7, 11) is -3.85. The van der Waals surface area contributed by atoms with Crippen molar-refractivity contribution in [1.29, 1.82) is 0 Å². The summed E-state index contributed by atoms with van der Waals surface area (Å²) in [4.78, 5) is 40.2. The minimum absolute atomic E-state index is 0.0892. The van der Waals surface area contributed by atoms with Crippen molar-refractivity contribution in [3.8, 4) is 17.1 Å². The molecule has 4 heterocycles. The van der Waals surface area contributed by atoms with Crippen molar-refractivity contribution in [2.45, 2.75) is 76.9 Å². The normalized spacial score (nSPS) is 18.3. The summed E-state index contributed by atoms with van der Waals surface area (Å²) in [6.45, 7) is 9.00. The molecule has 0 bridgehead atoms. The van der Waals surface area contributed by atoms with E-state index in [0.29, 0.717) is 93.5 Å². The number of benzene rings is 1. The number of aromatic nitrogens is 4. The summed E-state index contributed by atoms with van der Waals surface area (Å²) in [5.41, 5.74) is 3.44. The van der Waals surface area contributed by atoms with Crippen molar-refractivity contribution < 1.29 is 27.5 Å². The fourth-order valence-electron chi connectivity index (χ4n) is 5.67. The lowest BCUT2D eigenvalue weighted by atomic mass is 10.2. The number of carbonyl (C=O) groups excluding carboxylic acids is 1. The molecule has 2 N–H and O–H groups in total. The summed E-state index contributed by atoms with van der Waals surface area (Å²) in [6, 6.07) is 4.64. The molecule has 14 nitrogen and oxygen atoms in total. The summed E-state index contributed by atoms with van der Waals surface area (Å²) < 4.78 is 41.8. The largest absolute Gasteiger partial charge is 0.493 e. The highest BCUT2D eigenvalue weighted by Crippen LogP contribution is 2.31. The number of nitrogens with zero attached hydrogens (tertiary/aromatic N) is 5. The lowest BCUT2D eigenvalue weighted by molar-refractivity contribution is -0.200. The fraction of sp³-hybridized carbons (Fsp3) is 0.600. The third-order valence-corrected chi connectivity index (χ3v) is 9.91. The molecule has 15 heteroatoms. The Morgan fingerprint density at radius 1 is 1.18 bits per heavy atom. The van der Waals surface area contributed by atoms with Gasteiger partial charge in [-0.1, -0.05) is 6.92 Å². The molecule has 2 aliphatic heterocycles. The number of H-pyrrole nitrogens is 1. The van der Waals surface area contributed by atoms with Gasteiger partial charge in [0.15, 0.2) is 17.6 Å². The first kappa shape index (κ1) is 33.0. The van der Waals surface area contributed by atoms with Gasteiger partial charge in [0.1, 0.15) is 11.6 Å². The van der Waals surface area contributed by atoms with Crippen LogP contribution in [0.3, 0.4) is 0 Å². The molecule has 1 unspecified atom stereocenters. The molecule has 2 aromatic heterocycles. The van der Waals surface area contributed by atoms with Gasteiger partial charge in [-0.2, -0.15) is 4.31 Å². The SMILES string of the molecule is CCCc1nc(C)c2c(=O)[nH]c(-c3cc(S(=O)(=O)N4CCN(CCCC(=O)NOC5CCCCO5)CC4)ccc3OCC)nn12. The quantitative estimate of drug-likeness (QED) is 0.264. The molecule has 0 spiro atoms. The third kappa shape index (κ3) is 7.72. The number of aromatic amines is 1. The van der Waals surface area contributed by atoms with Gasteiger partial charge in [0.25, 0.3) is 5.56 Å². The van der Waals surface area contributed by atoms with Crippen molar-refractivity contribution >= 4 is 21.4 Å². The molecular weight excluding hydrogens is 602 g/mol. The van der Waals surface area contributed by atoms with Crippen LogP contribution in [0.2, 0.25) is 0 Å². The molecule has 1 amide bonds. The second-order valence-electron chi connectivity index (χ2n) is 11.3. The molecular formula is C30H43N7O7S. The van der Waals surface area contributed by atoms with Gasteiger partial charge in [0, 0.05) is 52.0 Å². The number of hydroxylamine groups is 1. The molecule has 0 saturated carbocycles. The minimum Gasteiger partial charge on any atom is -0.493 e. The van der Waals surface area contributed by atoms with E-state index in [1.54, 1.807) is 17.5 Å². The molecule has 1 aromatic carbocycles. The van der Waals surface area contributed by atoms with E-state index in [4.69, 9.17) is 14.3 Å². The van der Waals surface area contributed by atoms with Gasteiger partial charge in [-0.3, -0.25) is 9.59 Å². The first-order chi connectivity index (χ1) is 21.7. The molecule has 45 heavy (non-hydrogen) atoms. The number of sulfonamides is 1. The lowest BCUT2D eigenvalue weighted by Crippen LogP contribution is -2.48. The Labute approximate surface area is 263 Å². The molecule has 2 aliphatic rings. The zero-order valence-corrected chi connectivity index (χ0v) is 27.0. The van der Waals surface area contributed by atoms with Gasteiger partial charge in [0.2, 0.25) is 15.9 Å². The smallest absolute Gasteiger partial charge is 0.277 e. The Balaban J connectivity index is 1.24. The number of imidazole rings is 1. The molecule has 3 aromatic rings. The van der Waals surface area contributed by atoms with Crippen molar-refractivity contribution in [2.24, 2.45) is 0 Å². The number of carbonyl (C=O) groups is 1. The third-order valence-electron chi connectivity index (χ3n) is 8.01. The first-order valence-electron chi connectivity index (χ1n) is 15.8. The molecule has 0 aliphatic carbocycles. The predicted molar refractivity (Wildman–Crippen MR) is 166 cm³/mol. The Morgan fingerprint density at radius 3 is 2.69 bits per heavy atom. The number of piperazine rings is 1. The van der Waals surface area contributed by atoms with Crippen LogP contribution in [0.1, 0.15) is 63.9 Å². The first-order valence-corrected chi connectivity index (χ1v) is 17.2. The van der Waals surface area contributed by atoms with E-state index in [-0.39, 0.29) is 28.5 Å². The van der Waals surface area contributed by atoms with Crippen LogP contribution in [0.4, 0.5) is 0 Å². The number of hydrogen-bond donors (Lipinski definition) is 2. The van der Waals surface area contributed by atoms with E-state index in [9.17, 15) is 18.0 Å². The van der Waals surface area contributed by atoms with E-state index >= 15 is 0 Å². The van der Waals surface area contributed by atoms with Crippen LogP contribution in [-0.2, 0) is 30.8 Å². The average molecular weight is 646 g/mol. The Kier molecular flexibility index (Phi) is 10.9. The number of hydrogen-bond acceptors (Lipinski definition) is 10. The maximum absolute atomic E-state index is 13.8. The Hall–Kier alpha value is -3.37. The zero-order chi connectivity index (χ0) is 32.0. The number of aryl methyl sites for hydroxylation is 2. The molecule has 2 fully saturated rings. The van der Waals surface area contributed by atoms with Crippen LogP contribution in [0.5, 0.6) is 5.75 Å². The van der Waals surface area contributed by atoms with Crippen LogP contribution >= 0.6 is 0 Å². The fourth-order valence-corrected chi connectivity index (χ4v) is 7.12. The topological polar surface area (TPSA) is 160 Å². The molecule has 5 rings (SSSR count). The van der Waals surface area contributed by atoms with Crippen molar-refractivity contribution in [2.75, 3.05) is 45.9 Å². The minimum atomic E-state index is -3.85. The number of rotatable bonds is 13. The second kappa shape index (κ2) is 14.8. The van der Waals surface area contributed by atoms with Gasteiger partial charge in [-0.05, 0) is 64.3 Å². The van der Waals surface area contributed by atoms with E-state index in [1.807, 2.05) is 13.8 Å². The highest BCUT2D eigenvalue weighted by atomic mass is 32.2. The van der Waals surface area contributed by atoms with Gasteiger partial charge in [0.05, 0.1) is 22.8 Å². The van der Waals surface area contributed by atoms with Crippen molar-refractivity contribution in [3.63, 3.8) is 0 Å². The van der Waals surface area contributed by atoms with E-state index < -0.39 is 10.0 Å². The highest BCUT2D eigenvalue weighted by molar-refractivity contribution is 7.89. The van der Waals surface area contributed by atoms with Crippen molar-refractivity contribution in [3.05, 3.63) is 40.1 Å². The van der Waals surface area contributed by atoms with Crippen molar-refractivity contribution in [1.82, 2.24) is 34.3 Å². The van der Waals surface area contributed by atoms with Gasteiger partial charge in [-0.25, -0.2) is 28.2 Å². The van der Waals surface area contributed by atoms with E-state index in [0.717, 1.165) is 25.7 Å². The van der Waals surface area contributed by atoms with Gasteiger partial charge < -0.3 is 19.4 Å². The Bertz CT molecular complexity index is 1640. The number of ether oxygens (including phenoxy) is 2. The highest BCUT2D eigenvalue weighted by Gasteiger charge is 2.30. The molecule has 1 atom stereocenters. The summed E-state index contributed by atoms with van der Waals surface area (Å²) in [6.07, 6.45) is 4.81. The zero-order valence-electron chi connectivity index (χ0n) is 26.2. The summed E-state index contributed by atoms with van der Waals surface area (Å²) >= 11 is 0. The standard InChI is InChI=1S/C30H43N7O7S/c1-4-9-25-31-21(3)28-30(39)32-29(33-37(25)28)23-20-22(12-13-24(23)42-5-2)45(40,41)36-17-15-35(16-18-36)14-8-10-26(38)34-44-27-11-6-7-19-43-27/h12-13,20,27H,4-11,14-19H2,1-3H3,(H,34,38)(H,32,33,39). The van der Waals surface area contributed by atoms with Crippen LogP contribution in [0, 0.1) is 6.92 Å². The average Bonchev–Trinajstić information content (AvgIpc) is 3.36. The summed E-state index contributed by atoms with van der Waals surface area (Å²) in [5, 5.41) is 4.67. The van der Waals surface area contributed by atoms with Crippen LogP contribution < -0.4 is 15.8 Å².